The van der Waals surface area contributed by atoms with Crippen LogP contribution >= 0.6 is 0 Å². The molecule has 0 saturated carbocycles. The monoisotopic (exact) mass is 267 g/mol. The van der Waals surface area contributed by atoms with Gasteiger partial charge in [-0.05, 0) is 24.6 Å². The maximum absolute atomic E-state index is 12.2. The highest BCUT2D eigenvalue weighted by molar-refractivity contribution is 5.94. The third kappa shape index (κ3) is 3.47. The highest BCUT2D eigenvalue weighted by Crippen LogP contribution is 2.21. The van der Waals surface area contributed by atoms with Crippen LogP contribution in [0.5, 0.6) is 0 Å². The van der Waals surface area contributed by atoms with Crippen LogP contribution in [0.3, 0.4) is 0 Å². The van der Waals surface area contributed by atoms with E-state index in [1.54, 1.807) is 0 Å². The van der Waals surface area contributed by atoms with Gasteiger partial charge in [0.25, 0.3) is 5.91 Å². The van der Waals surface area contributed by atoms with E-state index >= 15 is 0 Å². The Morgan fingerprint density at radius 3 is 2.40 bits per heavy atom. The second-order valence-corrected chi connectivity index (χ2v) is 5.80. The zero-order valence-electron chi connectivity index (χ0n) is 12.3. The summed E-state index contributed by atoms with van der Waals surface area (Å²) in [7, 11) is 0. The first-order chi connectivity index (χ1) is 9.49. The van der Waals surface area contributed by atoms with Gasteiger partial charge in [-0.25, -0.2) is 0 Å². The molecule has 0 bridgehead atoms. The van der Waals surface area contributed by atoms with E-state index in [-0.39, 0.29) is 11.3 Å². The van der Waals surface area contributed by atoms with E-state index < -0.39 is 0 Å². The Labute approximate surface area is 120 Å². The number of hydrogen-bond acceptors (Lipinski definition) is 1. The van der Waals surface area contributed by atoms with E-state index in [0.29, 0.717) is 12.1 Å². The minimum absolute atomic E-state index is 0.0160. The molecular formula is C18H21NO. The van der Waals surface area contributed by atoms with Gasteiger partial charge in [0.2, 0.25) is 0 Å². The Hall–Kier alpha value is -2.09. The van der Waals surface area contributed by atoms with Crippen molar-refractivity contribution in [2.24, 2.45) is 0 Å². The molecular weight excluding hydrogens is 246 g/mol. The molecule has 0 aromatic heterocycles. The van der Waals surface area contributed by atoms with Crippen LogP contribution in [-0.2, 0) is 5.41 Å². The molecule has 0 radical (unpaired) electrons. The maximum Gasteiger partial charge on any atom is 0.251 e. The van der Waals surface area contributed by atoms with E-state index in [1.807, 2.05) is 49.4 Å². The average Bonchev–Trinajstić information content (AvgIpc) is 2.46. The average molecular weight is 267 g/mol. The molecule has 0 heterocycles. The smallest absolute Gasteiger partial charge is 0.251 e. The predicted molar refractivity (Wildman–Crippen MR) is 83.0 cm³/mol. The summed E-state index contributed by atoms with van der Waals surface area (Å²) in [6, 6.07) is 17.9. The van der Waals surface area contributed by atoms with Crippen LogP contribution in [0.1, 0.15) is 35.3 Å². The first kappa shape index (κ1) is 14.3. The Bertz CT molecular complexity index is 587. The van der Waals surface area contributed by atoms with Crippen LogP contribution in [0.15, 0.2) is 54.6 Å². The minimum Gasteiger partial charge on any atom is -0.351 e. The lowest BCUT2D eigenvalue weighted by molar-refractivity contribution is 0.0945. The summed E-state index contributed by atoms with van der Waals surface area (Å²) in [5.41, 5.74) is 2.96. The van der Waals surface area contributed by atoms with Crippen molar-refractivity contribution in [2.75, 3.05) is 6.54 Å². The summed E-state index contributed by atoms with van der Waals surface area (Å²) in [6.07, 6.45) is 0. The molecule has 0 spiro atoms. The summed E-state index contributed by atoms with van der Waals surface area (Å²) in [6.45, 7) is 6.88. The van der Waals surface area contributed by atoms with Gasteiger partial charge >= 0.3 is 0 Å². The van der Waals surface area contributed by atoms with Crippen LogP contribution in [0, 0.1) is 6.92 Å². The SMILES string of the molecule is Cc1cccc(C(=O)NCC(C)(C)c2ccccc2)c1. The molecule has 2 rings (SSSR count). The van der Waals surface area contributed by atoms with Crippen LogP contribution in [0.4, 0.5) is 0 Å². The third-order valence-corrected chi connectivity index (χ3v) is 3.53. The second-order valence-electron chi connectivity index (χ2n) is 5.80. The highest BCUT2D eigenvalue weighted by atomic mass is 16.1. The molecule has 2 heteroatoms. The van der Waals surface area contributed by atoms with Gasteiger partial charge in [-0.2, -0.15) is 0 Å². The number of hydrogen-bond donors (Lipinski definition) is 1. The standard InChI is InChI=1S/C18H21NO/c1-14-8-7-9-15(12-14)17(20)19-13-18(2,3)16-10-5-4-6-11-16/h4-12H,13H2,1-3H3,(H,19,20). The van der Waals surface area contributed by atoms with Crippen molar-refractivity contribution in [1.29, 1.82) is 0 Å². The summed E-state index contributed by atoms with van der Waals surface area (Å²) in [5.74, 6) is -0.0160. The number of amides is 1. The fourth-order valence-corrected chi connectivity index (χ4v) is 2.18. The number of nitrogens with one attached hydrogen (secondary N) is 1. The van der Waals surface area contributed by atoms with Crippen molar-refractivity contribution in [3.8, 4) is 0 Å². The van der Waals surface area contributed by atoms with Crippen LogP contribution < -0.4 is 5.32 Å². The van der Waals surface area contributed by atoms with Crippen molar-refractivity contribution in [1.82, 2.24) is 5.32 Å². The van der Waals surface area contributed by atoms with Crippen LogP contribution in [-0.4, -0.2) is 12.5 Å². The lowest BCUT2D eigenvalue weighted by Crippen LogP contribution is -2.36. The normalized spacial score (nSPS) is 11.2. The van der Waals surface area contributed by atoms with Crippen molar-refractivity contribution >= 4 is 5.91 Å². The maximum atomic E-state index is 12.2. The fourth-order valence-electron chi connectivity index (χ4n) is 2.18. The van der Waals surface area contributed by atoms with Gasteiger partial charge in [-0.3, -0.25) is 4.79 Å². The number of rotatable bonds is 4. The topological polar surface area (TPSA) is 29.1 Å². The van der Waals surface area contributed by atoms with E-state index in [4.69, 9.17) is 0 Å². The zero-order valence-corrected chi connectivity index (χ0v) is 12.3. The van der Waals surface area contributed by atoms with Crippen LogP contribution in [0.2, 0.25) is 0 Å². The number of aryl methyl sites for hydroxylation is 1. The van der Waals surface area contributed by atoms with Gasteiger partial charge in [-0.15, -0.1) is 0 Å². The van der Waals surface area contributed by atoms with Gasteiger partial charge < -0.3 is 5.32 Å². The molecule has 1 N–H and O–H groups in total. The van der Waals surface area contributed by atoms with Gasteiger partial charge in [0.1, 0.15) is 0 Å². The number of carbonyl (C=O) groups is 1. The van der Waals surface area contributed by atoms with Gasteiger partial charge in [-0.1, -0.05) is 61.9 Å². The summed E-state index contributed by atoms with van der Waals surface area (Å²) in [5, 5.41) is 3.03. The molecule has 2 nitrogen and oxygen atoms in total. The molecule has 0 atom stereocenters. The lowest BCUT2D eigenvalue weighted by Gasteiger charge is -2.25. The van der Waals surface area contributed by atoms with E-state index in [1.165, 1.54) is 5.56 Å². The molecule has 0 unspecified atom stereocenters. The Kier molecular flexibility index (Phi) is 4.23. The molecule has 0 saturated heterocycles. The summed E-state index contributed by atoms with van der Waals surface area (Å²) in [4.78, 5) is 12.2. The molecule has 0 aliphatic rings. The minimum atomic E-state index is -0.0826. The Morgan fingerprint density at radius 1 is 1.05 bits per heavy atom. The molecule has 104 valence electrons. The van der Waals surface area contributed by atoms with Gasteiger partial charge in [0, 0.05) is 17.5 Å². The Balaban J connectivity index is 2.03. The van der Waals surface area contributed by atoms with E-state index in [9.17, 15) is 4.79 Å². The van der Waals surface area contributed by atoms with Crippen molar-refractivity contribution < 1.29 is 4.79 Å². The van der Waals surface area contributed by atoms with Crippen molar-refractivity contribution in [2.45, 2.75) is 26.2 Å². The fraction of sp³-hybridized carbons (Fsp3) is 0.278. The number of benzene rings is 2. The van der Waals surface area contributed by atoms with Crippen LogP contribution in [0.25, 0.3) is 0 Å². The molecule has 2 aromatic rings. The van der Waals surface area contributed by atoms with E-state index in [2.05, 4.69) is 31.3 Å². The molecule has 1 amide bonds. The van der Waals surface area contributed by atoms with E-state index in [0.717, 1.165) is 5.56 Å². The van der Waals surface area contributed by atoms with Gasteiger partial charge in [0.05, 0.1) is 0 Å². The quantitative estimate of drug-likeness (QED) is 0.899. The lowest BCUT2D eigenvalue weighted by atomic mass is 9.84. The summed E-state index contributed by atoms with van der Waals surface area (Å²) < 4.78 is 0. The second kappa shape index (κ2) is 5.91. The third-order valence-electron chi connectivity index (χ3n) is 3.53. The zero-order chi connectivity index (χ0) is 14.6. The summed E-state index contributed by atoms with van der Waals surface area (Å²) >= 11 is 0. The van der Waals surface area contributed by atoms with Gasteiger partial charge in [0.15, 0.2) is 0 Å². The number of carbonyl (C=O) groups excluding carboxylic acids is 1. The Morgan fingerprint density at radius 2 is 1.75 bits per heavy atom. The first-order valence-electron chi connectivity index (χ1n) is 6.89. The van der Waals surface area contributed by atoms with Crippen molar-refractivity contribution in [3.05, 3.63) is 71.3 Å². The van der Waals surface area contributed by atoms with Crippen molar-refractivity contribution in [3.63, 3.8) is 0 Å². The predicted octanol–water partition coefficient (Wildman–Crippen LogP) is 3.70. The molecule has 0 aliphatic heterocycles. The molecule has 2 aromatic carbocycles. The first-order valence-corrected chi connectivity index (χ1v) is 6.89. The largest absolute Gasteiger partial charge is 0.351 e. The molecule has 0 fully saturated rings. The highest BCUT2D eigenvalue weighted by Gasteiger charge is 2.21. The molecule has 0 aliphatic carbocycles. The molecule has 20 heavy (non-hydrogen) atoms.